The number of halogens is 3. The molecule has 41 heavy (non-hydrogen) atoms. The lowest BCUT2D eigenvalue weighted by Gasteiger charge is -2.43. The van der Waals surface area contributed by atoms with Gasteiger partial charge in [0.15, 0.2) is 6.10 Å². The molecule has 2 aliphatic rings. The van der Waals surface area contributed by atoms with Gasteiger partial charge in [-0.25, -0.2) is 0 Å². The Labute approximate surface area is 238 Å². The minimum absolute atomic E-state index is 0. The lowest BCUT2D eigenvalue weighted by Crippen LogP contribution is -2.49. The summed E-state index contributed by atoms with van der Waals surface area (Å²) in [4.78, 5) is 35.4. The largest absolute Gasteiger partial charge is 0.494 e. The van der Waals surface area contributed by atoms with Crippen LogP contribution in [0.3, 0.4) is 0 Å². The van der Waals surface area contributed by atoms with Gasteiger partial charge in [-0.2, -0.15) is 13.8 Å². The van der Waals surface area contributed by atoms with Gasteiger partial charge in [0.05, 0.1) is 13.7 Å². The van der Waals surface area contributed by atoms with Gasteiger partial charge in [-0.3, -0.25) is 14.3 Å². The average Bonchev–Trinajstić information content (AvgIpc) is 2.93. The number of likely N-dealkylation sites (tertiary alicyclic amines) is 1. The number of amides is 2. The van der Waals surface area contributed by atoms with E-state index < -0.39 is 18.6 Å². The molecule has 2 saturated heterocycles. The molecule has 3 heterocycles. The third kappa shape index (κ3) is 7.81. The molecule has 0 N–H and O–H groups in total. The summed E-state index contributed by atoms with van der Waals surface area (Å²) in [6.07, 6.45) is 1.29. The summed E-state index contributed by atoms with van der Waals surface area (Å²) in [5, 5.41) is 0. The first-order valence-corrected chi connectivity index (χ1v) is 13.7. The number of methoxy groups -OCH3 is 1. The highest BCUT2D eigenvalue weighted by Gasteiger charge is 2.35. The molecule has 0 unspecified atom stereocenters. The maximum Gasteiger partial charge on any atom is 0.346 e. The number of anilines is 1. The average molecular weight is 581 g/mol. The molecule has 0 aliphatic carbocycles. The second-order valence-corrected chi connectivity index (χ2v) is 10.5. The lowest BCUT2D eigenvalue weighted by molar-refractivity contribution is -0.185. The van der Waals surface area contributed by atoms with Gasteiger partial charge >= 0.3 is 6.61 Å². The van der Waals surface area contributed by atoms with Gasteiger partial charge in [0, 0.05) is 40.3 Å². The number of nitrogens with zero attached hydrogens (tertiary/aromatic N) is 4. The van der Waals surface area contributed by atoms with Crippen molar-refractivity contribution in [1.82, 2.24) is 14.8 Å². The summed E-state index contributed by atoms with van der Waals surface area (Å²) >= 11 is 0. The van der Waals surface area contributed by atoms with E-state index >= 15 is 0 Å². The lowest BCUT2D eigenvalue weighted by atomic mass is 9.83. The van der Waals surface area contributed by atoms with Crippen molar-refractivity contribution in [2.75, 3.05) is 58.9 Å². The van der Waals surface area contributed by atoms with Crippen molar-refractivity contribution in [3.8, 4) is 11.6 Å². The van der Waals surface area contributed by atoms with Gasteiger partial charge in [-0.05, 0) is 67.9 Å². The van der Waals surface area contributed by atoms with Crippen molar-refractivity contribution >= 4 is 17.6 Å². The maximum atomic E-state index is 13.2. The highest BCUT2D eigenvalue weighted by molar-refractivity contribution is 5.96. The Bertz CT molecular complexity index is 1170. The zero-order chi connectivity index (χ0) is 28.8. The second-order valence-electron chi connectivity index (χ2n) is 10.5. The van der Waals surface area contributed by atoms with Crippen molar-refractivity contribution in [3.05, 3.63) is 47.5 Å². The van der Waals surface area contributed by atoms with Crippen molar-refractivity contribution in [1.29, 1.82) is 0 Å². The molecule has 226 valence electrons. The van der Waals surface area contributed by atoms with Crippen LogP contribution in [0.2, 0.25) is 0 Å². The highest BCUT2D eigenvalue weighted by atomic mass is 19.3. The third-order valence-corrected chi connectivity index (χ3v) is 7.48. The fourth-order valence-electron chi connectivity index (χ4n) is 5.41. The molecule has 1 aromatic heterocycles. The van der Waals surface area contributed by atoms with Crippen LogP contribution < -0.4 is 14.4 Å². The Balaban J connectivity index is 0.00000462. The monoisotopic (exact) mass is 580 g/mol. The zero-order valence-electron chi connectivity index (χ0n) is 23.9. The van der Waals surface area contributed by atoms with Gasteiger partial charge in [-0.15, -0.1) is 0 Å². The topological polar surface area (TPSA) is 84.4 Å². The van der Waals surface area contributed by atoms with Crippen LogP contribution in [0.5, 0.6) is 11.6 Å². The first kappa shape index (κ1) is 32.0. The minimum atomic E-state index is -3.07. The molecule has 2 aromatic rings. The first-order chi connectivity index (χ1) is 19.2. The standard InChI is InChI=1S/C29H38F2N4O5.FH/c1-5-39-22-8-6-7-21(16-22)25(40-29(30)31)28(37)34-13-11-19(12-14-34)15-20-17-35(18-20)24-10-9-23(26(32-24)38-4)27(36)33(2)3;/h6-10,16,19-20,25,29H,5,11-15,17-18H2,1-4H3;1H/t25-;/m1./s1. The number of benzene rings is 1. The Hall–Kier alpha value is -3.54. The van der Waals surface area contributed by atoms with E-state index in [1.54, 1.807) is 49.3 Å². The molecule has 2 aliphatic heterocycles. The van der Waals surface area contributed by atoms with Crippen molar-refractivity contribution in [3.63, 3.8) is 0 Å². The summed E-state index contributed by atoms with van der Waals surface area (Å²) in [6.45, 7) is 1.93. The number of piperidine rings is 1. The number of carbonyl (C=O) groups excluding carboxylic acids is 2. The SMILES string of the molecule is CCOc1cccc([C@@H](OC(F)F)C(=O)N2CCC(CC3CN(c4ccc(C(=O)N(C)C)c(OC)n4)C3)CC2)c1.F. The van der Waals surface area contributed by atoms with Crippen LogP contribution in [0.15, 0.2) is 36.4 Å². The molecule has 9 nitrogen and oxygen atoms in total. The third-order valence-electron chi connectivity index (χ3n) is 7.48. The Morgan fingerprint density at radius 3 is 2.41 bits per heavy atom. The first-order valence-electron chi connectivity index (χ1n) is 13.7. The molecule has 12 heteroatoms. The molecule has 0 radical (unpaired) electrons. The van der Waals surface area contributed by atoms with Gasteiger partial charge in [0.2, 0.25) is 5.88 Å². The minimum Gasteiger partial charge on any atom is -0.494 e. The van der Waals surface area contributed by atoms with Crippen LogP contribution in [-0.4, -0.2) is 87.2 Å². The molecule has 2 fully saturated rings. The van der Waals surface area contributed by atoms with Gasteiger partial charge in [0.1, 0.15) is 17.1 Å². The Morgan fingerprint density at radius 2 is 1.80 bits per heavy atom. The summed E-state index contributed by atoms with van der Waals surface area (Å²) in [6, 6.07) is 10.2. The molecular formula is C29H39F3N4O5. The van der Waals surface area contributed by atoms with E-state index in [4.69, 9.17) is 14.2 Å². The molecule has 1 aromatic carbocycles. The predicted octanol–water partition coefficient (Wildman–Crippen LogP) is 4.39. The van der Waals surface area contributed by atoms with Crippen molar-refractivity contribution in [2.24, 2.45) is 11.8 Å². The van der Waals surface area contributed by atoms with Crippen LogP contribution in [0.4, 0.5) is 19.3 Å². The number of ether oxygens (including phenoxy) is 3. The number of hydrogen-bond donors (Lipinski definition) is 0. The van der Waals surface area contributed by atoms with Crippen LogP contribution >= 0.6 is 0 Å². The van der Waals surface area contributed by atoms with E-state index in [0.717, 1.165) is 38.2 Å². The molecule has 4 rings (SSSR count). The number of pyridine rings is 1. The summed E-state index contributed by atoms with van der Waals surface area (Å²) < 4.78 is 42.1. The molecule has 1 atom stereocenters. The number of aromatic nitrogens is 1. The highest BCUT2D eigenvalue weighted by Crippen LogP contribution is 2.34. The van der Waals surface area contributed by atoms with Crippen LogP contribution in [0, 0.1) is 11.8 Å². The van der Waals surface area contributed by atoms with E-state index in [-0.39, 0.29) is 10.6 Å². The summed E-state index contributed by atoms with van der Waals surface area (Å²) in [5.41, 5.74) is 0.787. The fourth-order valence-corrected chi connectivity index (χ4v) is 5.41. The Morgan fingerprint density at radius 1 is 1.10 bits per heavy atom. The van der Waals surface area contributed by atoms with E-state index in [1.165, 1.54) is 12.0 Å². The predicted molar refractivity (Wildman–Crippen MR) is 148 cm³/mol. The Kier molecular flexibility index (Phi) is 11.2. The van der Waals surface area contributed by atoms with E-state index in [0.29, 0.717) is 54.3 Å². The number of hydrogen-bond acceptors (Lipinski definition) is 7. The number of alkyl halides is 2. The van der Waals surface area contributed by atoms with Crippen molar-refractivity contribution in [2.45, 2.75) is 38.9 Å². The van der Waals surface area contributed by atoms with Crippen LogP contribution in [0.25, 0.3) is 0 Å². The second kappa shape index (κ2) is 14.4. The van der Waals surface area contributed by atoms with E-state index in [2.05, 4.69) is 9.88 Å². The fraction of sp³-hybridized carbons (Fsp3) is 0.552. The molecule has 0 saturated carbocycles. The maximum absolute atomic E-state index is 13.2. The van der Waals surface area contributed by atoms with Crippen LogP contribution in [-0.2, 0) is 9.53 Å². The summed E-state index contributed by atoms with van der Waals surface area (Å²) in [5.74, 6) is 1.95. The zero-order valence-corrected chi connectivity index (χ0v) is 23.9. The van der Waals surface area contributed by atoms with Crippen molar-refractivity contribution < 1.29 is 37.3 Å². The van der Waals surface area contributed by atoms with Crippen LogP contribution in [0.1, 0.15) is 48.2 Å². The molecule has 0 bridgehead atoms. The molecule has 2 amide bonds. The van der Waals surface area contributed by atoms with E-state index in [1.807, 2.05) is 13.0 Å². The summed E-state index contributed by atoms with van der Waals surface area (Å²) in [7, 11) is 4.88. The quantitative estimate of drug-likeness (QED) is 0.390. The van der Waals surface area contributed by atoms with Gasteiger partial charge in [0.25, 0.3) is 11.8 Å². The number of carbonyl (C=O) groups is 2. The normalized spacial score (nSPS) is 16.6. The van der Waals surface area contributed by atoms with Gasteiger partial charge in [-0.1, -0.05) is 12.1 Å². The van der Waals surface area contributed by atoms with Gasteiger partial charge < -0.3 is 28.9 Å². The van der Waals surface area contributed by atoms with E-state index in [9.17, 15) is 18.4 Å². The molecule has 0 spiro atoms. The number of rotatable bonds is 11. The smallest absolute Gasteiger partial charge is 0.346 e. The molecular weight excluding hydrogens is 541 g/mol.